The first-order chi connectivity index (χ1) is 12.5. The summed E-state index contributed by atoms with van der Waals surface area (Å²) in [5.74, 6) is 0. The van der Waals surface area contributed by atoms with E-state index < -0.39 is 0 Å². The second kappa shape index (κ2) is 6.54. The van der Waals surface area contributed by atoms with Crippen LogP contribution in [-0.4, -0.2) is 13.1 Å². The molecule has 4 rings (SSSR count). The largest absolute Gasteiger partial charge is 0.627 e. The van der Waals surface area contributed by atoms with Gasteiger partial charge in [-0.2, -0.15) is 0 Å². The Labute approximate surface area is 162 Å². The third kappa shape index (κ3) is 3.16. The SMILES string of the molecule is Cc1ccc([N+]2([O-])CC(Nc3ccc(Br)cc3)(c3ccccc3)C2)cc1. The lowest BCUT2D eigenvalue weighted by Gasteiger charge is -2.60. The van der Waals surface area contributed by atoms with Gasteiger partial charge in [-0.15, -0.1) is 0 Å². The minimum Gasteiger partial charge on any atom is -0.627 e. The van der Waals surface area contributed by atoms with Crippen molar-refractivity contribution >= 4 is 27.3 Å². The summed E-state index contributed by atoms with van der Waals surface area (Å²) < 4.78 is 0.734. The molecule has 0 aliphatic carbocycles. The number of hydrogen-bond acceptors (Lipinski definition) is 2. The van der Waals surface area contributed by atoms with Crippen molar-refractivity contribution in [3.63, 3.8) is 0 Å². The van der Waals surface area contributed by atoms with Crippen LogP contribution in [0.5, 0.6) is 0 Å². The molecule has 0 saturated carbocycles. The molecular weight excluding hydrogens is 388 g/mol. The highest BCUT2D eigenvalue weighted by atomic mass is 79.9. The minimum atomic E-state index is -0.359. The molecule has 1 aliphatic rings. The van der Waals surface area contributed by atoms with Crippen LogP contribution in [0.15, 0.2) is 83.3 Å². The van der Waals surface area contributed by atoms with E-state index in [1.807, 2.05) is 73.7 Å². The van der Waals surface area contributed by atoms with Gasteiger partial charge in [0, 0.05) is 10.2 Å². The molecule has 1 saturated heterocycles. The van der Waals surface area contributed by atoms with Crippen molar-refractivity contribution in [2.75, 3.05) is 18.4 Å². The van der Waals surface area contributed by atoms with E-state index in [-0.39, 0.29) is 10.2 Å². The Morgan fingerprint density at radius 1 is 0.885 bits per heavy atom. The van der Waals surface area contributed by atoms with Gasteiger partial charge in [-0.1, -0.05) is 64.0 Å². The molecule has 3 aromatic rings. The maximum absolute atomic E-state index is 13.4. The molecule has 0 radical (unpaired) electrons. The third-order valence-corrected chi connectivity index (χ3v) is 5.64. The van der Waals surface area contributed by atoms with Crippen molar-refractivity contribution in [2.24, 2.45) is 0 Å². The monoisotopic (exact) mass is 408 g/mol. The summed E-state index contributed by atoms with van der Waals surface area (Å²) in [4.78, 5) is 0. The molecule has 1 N–H and O–H groups in total. The number of benzene rings is 3. The van der Waals surface area contributed by atoms with E-state index in [0.717, 1.165) is 21.4 Å². The quantitative estimate of drug-likeness (QED) is 0.451. The Kier molecular flexibility index (Phi) is 4.35. The van der Waals surface area contributed by atoms with Crippen LogP contribution in [0.1, 0.15) is 11.1 Å². The highest BCUT2D eigenvalue weighted by Gasteiger charge is 2.54. The number of hydrogen-bond donors (Lipinski definition) is 1. The summed E-state index contributed by atoms with van der Waals surface area (Å²) in [5.41, 5.74) is 3.80. The van der Waals surface area contributed by atoms with Gasteiger partial charge in [0.15, 0.2) is 5.54 Å². The predicted octanol–water partition coefficient (Wildman–Crippen LogP) is 5.58. The predicted molar refractivity (Wildman–Crippen MR) is 112 cm³/mol. The maximum atomic E-state index is 13.4. The minimum absolute atomic E-state index is 0.307. The normalized spacial score (nSPS) is 24.7. The molecule has 3 aromatic carbocycles. The standard InChI is InChI=1S/C22H21BrN2O/c1-17-7-13-21(14-8-17)25(26)15-22(16-25,18-5-3-2-4-6-18)24-20-11-9-19(23)10-12-20/h2-14,24H,15-16H2,1H3. The number of nitrogens with zero attached hydrogens (tertiary/aromatic N) is 1. The van der Waals surface area contributed by atoms with E-state index in [9.17, 15) is 5.21 Å². The number of halogens is 1. The molecule has 4 heteroatoms. The van der Waals surface area contributed by atoms with E-state index in [2.05, 4.69) is 33.4 Å². The molecule has 132 valence electrons. The summed E-state index contributed by atoms with van der Waals surface area (Å²) in [6.07, 6.45) is 0. The number of anilines is 1. The lowest BCUT2D eigenvalue weighted by Crippen LogP contribution is -2.73. The fraction of sp³-hybridized carbons (Fsp3) is 0.182. The first-order valence-electron chi connectivity index (χ1n) is 8.74. The molecule has 3 nitrogen and oxygen atoms in total. The molecule has 1 fully saturated rings. The van der Waals surface area contributed by atoms with Crippen molar-refractivity contribution in [3.05, 3.63) is 99.7 Å². The van der Waals surface area contributed by atoms with E-state index in [1.165, 1.54) is 5.56 Å². The van der Waals surface area contributed by atoms with Crippen LogP contribution in [-0.2, 0) is 5.54 Å². The molecule has 26 heavy (non-hydrogen) atoms. The zero-order valence-corrected chi connectivity index (χ0v) is 16.2. The Morgan fingerprint density at radius 3 is 2.12 bits per heavy atom. The fourth-order valence-corrected chi connectivity index (χ4v) is 3.99. The Balaban J connectivity index is 1.66. The van der Waals surface area contributed by atoms with Gasteiger partial charge < -0.3 is 15.2 Å². The van der Waals surface area contributed by atoms with Gasteiger partial charge in [0.05, 0.1) is 0 Å². The maximum Gasteiger partial charge on any atom is 0.163 e. The molecule has 1 heterocycles. The summed E-state index contributed by atoms with van der Waals surface area (Å²) in [7, 11) is 0. The van der Waals surface area contributed by atoms with Gasteiger partial charge in [-0.25, -0.2) is 0 Å². The second-order valence-corrected chi connectivity index (χ2v) is 8.04. The first kappa shape index (κ1) is 17.3. The highest BCUT2D eigenvalue weighted by molar-refractivity contribution is 9.10. The van der Waals surface area contributed by atoms with E-state index in [1.54, 1.807) is 0 Å². The molecule has 1 aliphatic heterocycles. The fourth-order valence-electron chi connectivity index (χ4n) is 3.73. The molecule has 0 unspecified atom stereocenters. The topological polar surface area (TPSA) is 35.1 Å². The Hall–Kier alpha value is -2.14. The van der Waals surface area contributed by atoms with Crippen LogP contribution < -0.4 is 9.96 Å². The summed E-state index contributed by atoms with van der Waals surface area (Å²) in [6, 6.07) is 26.3. The van der Waals surface area contributed by atoms with Crippen LogP contribution in [0.25, 0.3) is 0 Å². The van der Waals surface area contributed by atoms with Crippen molar-refractivity contribution < 1.29 is 0 Å². The van der Waals surface area contributed by atoms with Crippen molar-refractivity contribution in [1.82, 2.24) is 4.65 Å². The molecule has 0 spiro atoms. The van der Waals surface area contributed by atoms with Gasteiger partial charge in [0.2, 0.25) is 0 Å². The summed E-state index contributed by atoms with van der Waals surface area (Å²) in [5, 5.41) is 17.0. The van der Waals surface area contributed by atoms with Crippen molar-refractivity contribution in [3.8, 4) is 0 Å². The van der Waals surface area contributed by atoms with Crippen molar-refractivity contribution in [2.45, 2.75) is 12.5 Å². The zero-order chi connectivity index (χ0) is 18.2. The number of quaternary nitrogens is 1. The van der Waals surface area contributed by atoms with Crippen LogP contribution in [0.3, 0.4) is 0 Å². The molecule has 0 amide bonds. The molecule has 0 atom stereocenters. The summed E-state index contributed by atoms with van der Waals surface area (Å²) in [6.45, 7) is 2.98. The van der Waals surface area contributed by atoms with Crippen LogP contribution >= 0.6 is 15.9 Å². The Morgan fingerprint density at radius 2 is 1.50 bits per heavy atom. The first-order valence-corrected chi connectivity index (χ1v) is 9.53. The van der Waals surface area contributed by atoms with Crippen LogP contribution in [0.2, 0.25) is 0 Å². The average molecular weight is 409 g/mol. The van der Waals surface area contributed by atoms with Gasteiger partial charge in [0.1, 0.15) is 18.8 Å². The second-order valence-electron chi connectivity index (χ2n) is 7.12. The third-order valence-electron chi connectivity index (χ3n) is 5.11. The lowest BCUT2D eigenvalue weighted by molar-refractivity contribution is 0.144. The van der Waals surface area contributed by atoms with Crippen LogP contribution in [0.4, 0.5) is 11.4 Å². The smallest absolute Gasteiger partial charge is 0.163 e. The molecule has 0 bridgehead atoms. The van der Waals surface area contributed by atoms with E-state index >= 15 is 0 Å². The highest BCUT2D eigenvalue weighted by Crippen LogP contribution is 2.43. The van der Waals surface area contributed by atoms with Gasteiger partial charge in [0.25, 0.3) is 0 Å². The lowest BCUT2D eigenvalue weighted by atomic mass is 9.80. The van der Waals surface area contributed by atoms with Crippen molar-refractivity contribution in [1.29, 1.82) is 0 Å². The molecule has 0 aromatic heterocycles. The number of aryl methyl sites for hydroxylation is 1. The number of hydroxylamine groups is 2. The number of rotatable bonds is 4. The average Bonchev–Trinajstić information content (AvgIpc) is 2.63. The summed E-state index contributed by atoms with van der Waals surface area (Å²) >= 11 is 3.47. The zero-order valence-electron chi connectivity index (χ0n) is 14.7. The number of nitrogens with one attached hydrogen (secondary N) is 1. The van der Waals surface area contributed by atoms with Crippen LogP contribution in [0, 0.1) is 12.1 Å². The Bertz CT molecular complexity index is 886. The van der Waals surface area contributed by atoms with Gasteiger partial charge in [-0.05, 0) is 48.9 Å². The molecular formula is C22H21BrN2O. The van der Waals surface area contributed by atoms with E-state index in [0.29, 0.717) is 13.1 Å². The van der Waals surface area contributed by atoms with Gasteiger partial charge in [-0.3, -0.25) is 0 Å². The van der Waals surface area contributed by atoms with Gasteiger partial charge >= 0.3 is 0 Å². The van der Waals surface area contributed by atoms with E-state index in [4.69, 9.17) is 0 Å².